The maximum atomic E-state index is 6.04. The summed E-state index contributed by atoms with van der Waals surface area (Å²) in [6, 6.07) is 5.49. The number of rotatable bonds is 10. The zero-order valence-electron chi connectivity index (χ0n) is 17.2. The average molecular weight is 427 g/mol. The zero-order valence-corrected chi connectivity index (χ0v) is 18.7. The van der Waals surface area contributed by atoms with Crippen molar-refractivity contribution in [1.29, 1.82) is 0 Å². The van der Waals surface area contributed by atoms with Gasteiger partial charge in [-0.25, -0.2) is 0 Å². The first-order valence-corrected chi connectivity index (χ1v) is 12.0. The molecule has 0 aromatic heterocycles. The molecule has 2 saturated heterocycles. The van der Waals surface area contributed by atoms with E-state index in [1.165, 1.54) is 90.6 Å². The molecule has 2 aliphatic heterocycles. The van der Waals surface area contributed by atoms with Gasteiger partial charge in [0.05, 0.1) is 16.7 Å². The standard InChI is InChI=1S/C23H36Cl2N2O/c24-22-8-7-21(19-23(22)25)28-18-11-20-9-16-27(17-10-20)15-6-2-5-14-26-12-3-1-4-13-26/h7-8,19-20H,1-6,9-18H2. The van der Waals surface area contributed by atoms with Gasteiger partial charge < -0.3 is 14.5 Å². The number of hydrogen-bond acceptors (Lipinski definition) is 3. The second kappa shape index (κ2) is 12.3. The van der Waals surface area contributed by atoms with Gasteiger partial charge in [-0.1, -0.05) is 36.0 Å². The second-order valence-electron chi connectivity index (χ2n) is 8.46. The molecule has 0 bridgehead atoms. The van der Waals surface area contributed by atoms with Crippen molar-refractivity contribution in [2.24, 2.45) is 5.92 Å². The molecule has 5 heteroatoms. The molecule has 2 heterocycles. The van der Waals surface area contributed by atoms with Gasteiger partial charge in [0.15, 0.2) is 0 Å². The average Bonchev–Trinajstić information content (AvgIpc) is 2.72. The second-order valence-corrected chi connectivity index (χ2v) is 9.28. The van der Waals surface area contributed by atoms with Gasteiger partial charge in [-0.2, -0.15) is 0 Å². The van der Waals surface area contributed by atoms with Crippen LogP contribution in [-0.2, 0) is 0 Å². The van der Waals surface area contributed by atoms with E-state index in [9.17, 15) is 0 Å². The highest BCUT2D eigenvalue weighted by Gasteiger charge is 2.19. The van der Waals surface area contributed by atoms with Gasteiger partial charge in [-0.3, -0.25) is 0 Å². The molecule has 2 aliphatic rings. The molecular formula is C23H36Cl2N2O. The molecular weight excluding hydrogens is 391 g/mol. The maximum Gasteiger partial charge on any atom is 0.120 e. The number of halogens is 2. The summed E-state index contributed by atoms with van der Waals surface area (Å²) in [5.41, 5.74) is 0. The highest BCUT2D eigenvalue weighted by molar-refractivity contribution is 6.42. The Morgan fingerprint density at radius 3 is 2.18 bits per heavy atom. The van der Waals surface area contributed by atoms with Crippen molar-refractivity contribution in [2.75, 3.05) is 45.9 Å². The van der Waals surface area contributed by atoms with E-state index in [2.05, 4.69) is 9.80 Å². The Balaban J connectivity index is 1.20. The number of piperidine rings is 2. The lowest BCUT2D eigenvalue weighted by Gasteiger charge is -2.32. The van der Waals surface area contributed by atoms with Gasteiger partial charge in [0, 0.05) is 6.07 Å². The first-order valence-electron chi connectivity index (χ1n) is 11.2. The topological polar surface area (TPSA) is 15.7 Å². The molecule has 28 heavy (non-hydrogen) atoms. The van der Waals surface area contributed by atoms with Crippen LogP contribution in [0.4, 0.5) is 0 Å². The summed E-state index contributed by atoms with van der Waals surface area (Å²) < 4.78 is 5.85. The van der Waals surface area contributed by atoms with E-state index in [0.29, 0.717) is 10.0 Å². The predicted molar refractivity (Wildman–Crippen MR) is 120 cm³/mol. The Morgan fingerprint density at radius 1 is 0.821 bits per heavy atom. The number of ether oxygens (including phenoxy) is 1. The molecule has 3 nitrogen and oxygen atoms in total. The Morgan fingerprint density at radius 2 is 1.50 bits per heavy atom. The van der Waals surface area contributed by atoms with Crippen LogP contribution in [0.25, 0.3) is 0 Å². The lowest BCUT2D eigenvalue weighted by molar-refractivity contribution is 0.160. The third-order valence-electron chi connectivity index (χ3n) is 6.29. The van der Waals surface area contributed by atoms with E-state index in [4.69, 9.17) is 27.9 Å². The number of benzene rings is 1. The van der Waals surface area contributed by atoms with E-state index in [1.807, 2.05) is 6.07 Å². The number of nitrogens with zero attached hydrogens (tertiary/aromatic N) is 2. The minimum atomic E-state index is 0.559. The predicted octanol–water partition coefficient (Wildman–Crippen LogP) is 6.13. The van der Waals surface area contributed by atoms with Crippen molar-refractivity contribution in [3.05, 3.63) is 28.2 Å². The molecule has 0 atom stereocenters. The third kappa shape index (κ3) is 7.74. The molecule has 0 N–H and O–H groups in total. The van der Waals surface area contributed by atoms with Gasteiger partial charge >= 0.3 is 0 Å². The summed E-state index contributed by atoms with van der Waals surface area (Å²) in [6.45, 7) is 8.55. The van der Waals surface area contributed by atoms with Crippen LogP contribution in [0.5, 0.6) is 5.75 Å². The normalized spacial score (nSPS) is 19.8. The maximum absolute atomic E-state index is 6.04. The summed E-state index contributed by atoms with van der Waals surface area (Å²) in [6.07, 6.45) is 12.1. The van der Waals surface area contributed by atoms with Crippen molar-refractivity contribution < 1.29 is 4.74 Å². The van der Waals surface area contributed by atoms with E-state index in [-0.39, 0.29) is 0 Å². The summed E-state index contributed by atoms with van der Waals surface area (Å²) in [5, 5.41) is 1.14. The van der Waals surface area contributed by atoms with Crippen LogP contribution in [0.1, 0.15) is 57.8 Å². The monoisotopic (exact) mass is 426 g/mol. The fourth-order valence-corrected chi connectivity index (χ4v) is 4.73. The molecule has 158 valence electrons. The van der Waals surface area contributed by atoms with Crippen molar-refractivity contribution in [1.82, 2.24) is 9.80 Å². The van der Waals surface area contributed by atoms with Crippen LogP contribution in [0.2, 0.25) is 10.0 Å². The van der Waals surface area contributed by atoms with E-state index >= 15 is 0 Å². The van der Waals surface area contributed by atoms with Gasteiger partial charge in [0.1, 0.15) is 5.75 Å². The quantitative estimate of drug-likeness (QED) is 0.418. The lowest BCUT2D eigenvalue weighted by Crippen LogP contribution is -2.35. The van der Waals surface area contributed by atoms with Gasteiger partial charge in [0.2, 0.25) is 0 Å². The van der Waals surface area contributed by atoms with E-state index < -0.39 is 0 Å². The summed E-state index contributed by atoms with van der Waals surface area (Å²) in [5.74, 6) is 1.61. The van der Waals surface area contributed by atoms with Crippen LogP contribution in [0, 0.1) is 5.92 Å². The Kier molecular flexibility index (Phi) is 9.73. The third-order valence-corrected chi connectivity index (χ3v) is 7.03. The number of hydrogen-bond donors (Lipinski definition) is 0. The fraction of sp³-hybridized carbons (Fsp3) is 0.739. The first kappa shape index (κ1) is 22.2. The van der Waals surface area contributed by atoms with Crippen LogP contribution < -0.4 is 4.74 Å². The molecule has 0 saturated carbocycles. The minimum absolute atomic E-state index is 0.559. The molecule has 1 aromatic carbocycles. The Labute approximate surface area is 181 Å². The summed E-state index contributed by atoms with van der Waals surface area (Å²) >= 11 is 12.0. The fourth-order valence-electron chi connectivity index (χ4n) is 4.44. The zero-order chi connectivity index (χ0) is 19.6. The molecule has 3 rings (SSSR count). The highest BCUT2D eigenvalue weighted by Crippen LogP contribution is 2.27. The van der Waals surface area contributed by atoms with Crippen molar-refractivity contribution >= 4 is 23.2 Å². The van der Waals surface area contributed by atoms with Crippen molar-refractivity contribution in [3.8, 4) is 5.75 Å². The summed E-state index contributed by atoms with van der Waals surface area (Å²) in [7, 11) is 0. The largest absolute Gasteiger partial charge is 0.494 e. The SMILES string of the molecule is Clc1ccc(OCCC2CCN(CCCCCN3CCCCC3)CC2)cc1Cl. The highest BCUT2D eigenvalue weighted by atomic mass is 35.5. The first-order chi connectivity index (χ1) is 13.7. The Hall–Kier alpha value is -0.480. The molecule has 0 aliphatic carbocycles. The van der Waals surface area contributed by atoms with Crippen LogP contribution in [-0.4, -0.2) is 55.7 Å². The van der Waals surface area contributed by atoms with Crippen LogP contribution in [0.15, 0.2) is 18.2 Å². The molecule has 0 radical (unpaired) electrons. The van der Waals surface area contributed by atoms with Gasteiger partial charge in [-0.05, 0) is 102 Å². The van der Waals surface area contributed by atoms with Crippen molar-refractivity contribution in [3.63, 3.8) is 0 Å². The molecule has 0 spiro atoms. The van der Waals surface area contributed by atoms with Crippen LogP contribution >= 0.6 is 23.2 Å². The van der Waals surface area contributed by atoms with E-state index in [1.54, 1.807) is 12.1 Å². The van der Waals surface area contributed by atoms with Gasteiger partial charge in [-0.15, -0.1) is 0 Å². The van der Waals surface area contributed by atoms with E-state index in [0.717, 1.165) is 24.7 Å². The smallest absolute Gasteiger partial charge is 0.120 e. The molecule has 1 aromatic rings. The number of likely N-dealkylation sites (tertiary alicyclic amines) is 2. The summed E-state index contributed by atoms with van der Waals surface area (Å²) in [4.78, 5) is 5.33. The molecule has 0 unspecified atom stereocenters. The Bertz CT molecular complexity index is 570. The molecule has 0 amide bonds. The van der Waals surface area contributed by atoms with Gasteiger partial charge in [0.25, 0.3) is 0 Å². The van der Waals surface area contributed by atoms with Crippen LogP contribution in [0.3, 0.4) is 0 Å². The number of unbranched alkanes of at least 4 members (excludes halogenated alkanes) is 2. The molecule has 2 fully saturated rings. The lowest BCUT2D eigenvalue weighted by atomic mass is 9.94. The minimum Gasteiger partial charge on any atom is -0.494 e. The van der Waals surface area contributed by atoms with Crippen molar-refractivity contribution in [2.45, 2.75) is 57.8 Å².